The second kappa shape index (κ2) is 7.56. The lowest BCUT2D eigenvalue weighted by Gasteiger charge is -2.20. The second-order valence-electron chi connectivity index (χ2n) is 5.27. The lowest BCUT2D eigenvalue weighted by Crippen LogP contribution is -2.25. The first-order valence-electron chi connectivity index (χ1n) is 7.59. The van der Waals surface area contributed by atoms with Crippen LogP contribution in [0.1, 0.15) is 17.2 Å². The van der Waals surface area contributed by atoms with E-state index in [-0.39, 0.29) is 6.04 Å². The third-order valence-corrected chi connectivity index (χ3v) is 3.77. The van der Waals surface area contributed by atoms with Crippen LogP contribution < -0.4 is 10.1 Å². The van der Waals surface area contributed by atoms with Crippen LogP contribution in [-0.4, -0.2) is 21.9 Å². The van der Waals surface area contributed by atoms with E-state index < -0.39 is 0 Å². The van der Waals surface area contributed by atoms with Crippen LogP contribution in [0.4, 0.5) is 0 Å². The molecule has 0 bridgehead atoms. The Morgan fingerprint density at radius 1 is 1.09 bits per heavy atom. The number of nitrogens with one attached hydrogen (secondary N) is 1. The Kier molecular flexibility index (Phi) is 5.01. The summed E-state index contributed by atoms with van der Waals surface area (Å²) in [6.07, 6.45) is 3.29. The summed E-state index contributed by atoms with van der Waals surface area (Å²) >= 11 is 0. The fourth-order valence-electron chi connectivity index (χ4n) is 2.57. The Labute approximate surface area is 135 Å². The maximum atomic E-state index is 5.42. The van der Waals surface area contributed by atoms with Crippen molar-refractivity contribution in [3.63, 3.8) is 0 Å². The topological polar surface area (TPSA) is 52.0 Å². The first kappa shape index (κ1) is 15.2. The summed E-state index contributed by atoms with van der Waals surface area (Å²) in [5.41, 5.74) is 2.35. The zero-order chi connectivity index (χ0) is 15.9. The highest BCUT2D eigenvalue weighted by atomic mass is 16.5. The van der Waals surface area contributed by atoms with Crippen LogP contribution >= 0.6 is 0 Å². The number of benzene rings is 2. The number of rotatable bonds is 7. The van der Waals surface area contributed by atoms with Gasteiger partial charge in [0.1, 0.15) is 18.4 Å². The Bertz CT molecular complexity index is 713. The van der Waals surface area contributed by atoms with Crippen molar-refractivity contribution < 1.29 is 4.74 Å². The van der Waals surface area contributed by atoms with Gasteiger partial charge in [-0.1, -0.05) is 48.5 Å². The van der Waals surface area contributed by atoms with Crippen molar-refractivity contribution in [2.75, 3.05) is 7.11 Å². The molecule has 0 aliphatic heterocycles. The molecule has 5 nitrogen and oxygen atoms in total. The van der Waals surface area contributed by atoms with Crippen molar-refractivity contribution in [1.82, 2.24) is 20.1 Å². The van der Waals surface area contributed by atoms with Crippen molar-refractivity contribution in [3.05, 3.63) is 78.4 Å². The lowest BCUT2D eigenvalue weighted by molar-refractivity contribution is 0.398. The molecule has 1 aromatic heterocycles. The third kappa shape index (κ3) is 3.96. The molecule has 0 saturated heterocycles. The Balaban J connectivity index is 1.76. The molecule has 0 aliphatic carbocycles. The summed E-state index contributed by atoms with van der Waals surface area (Å²) in [5.74, 6) is 0.896. The van der Waals surface area contributed by atoms with Crippen LogP contribution in [0.2, 0.25) is 0 Å². The summed E-state index contributed by atoms with van der Waals surface area (Å²) in [6.45, 7) is 1.44. The second-order valence-corrected chi connectivity index (χ2v) is 5.27. The van der Waals surface area contributed by atoms with Gasteiger partial charge in [0, 0.05) is 12.1 Å². The minimum Gasteiger partial charge on any atom is -0.496 e. The number of ether oxygens (including phenoxy) is 1. The Hall–Kier alpha value is -2.66. The molecule has 3 rings (SSSR count). The van der Waals surface area contributed by atoms with Crippen LogP contribution in [0.5, 0.6) is 5.75 Å². The molecule has 23 heavy (non-hydrogen) atoms. The molecule has 0 saturated carbocycles. The van der Waals surface area contributed by atoms with E-state index in [9.17, 15) is 0 Å². The molecule has 1 atom stereocenters. The maximum absolute atomic E-state index is 5.42. The van der Waals surface area contributed by atoms with Crippen molar-refractivity contribution in [2.45, 2.75) is 19.1 Å². The maximum Gasteiger partial charge on any atom is 0.137 e. The highest BCUT2D eigenvalue weighted by Gasteiger charge is 2.13. The Morgan fingerprint density at radius 3 is 2.61 bits per heavy atom. The molecule has 0 radical (unpaired) electrons. The normalized spacial score (nSPS) is 12.0. The molecular weight excluding hydrogens is 288 g/mol. The van der Waals surface area contributed by atoms with Crippen LogP contribution in [-0.2, 0) is 13.1 Å². The lowest BCUT2D eigenvalue weighted by atomic mass is 10.1. The minimum absolute atomic E-state index is 0.141. The van der Waals surface area contributed by atoms with Gasteiger partial charge in [-0.3, -0.25) is 4.68 Å². The molecule has 3 aromatic rings. The average Bonchev–Trinajstić information content (AvgIpc) is 3.12. The van der Waals surface area contributed by atoms with Gasteiger partial charge in [-0.15, -0.1) is 0 Å². The monoisotopic (exact) mass is 308 g/mol. The molecule has 5 heteroatoms. The van der Waals surface area contributed by atoms with Gasteiger partial charge in [-0.2, -0.15) is 5.10 Å². The van der Waals surface area contributed by atoms with Gasteiger partial charge in [0.2, 0.25) is 0 Å². The molecule has 1 unspecified atom stereocenters. The zero-order valence-electron chi connectivity index (χ0n) is 13.1. The molecule has 1 heterocycles. The SMILES string of the molecule is COc1ccccc1CNC(Cn1cncn1)c1ccccc1. The van der Waals surface area contributed by atoms with E-state index in [0.717, 1.165) is 24.4 Å². The minimum atomic E-state index is 0.141. The number of methoxy groups -OCH3 is 1. The van der Waals surface area contributed by atoms with Crippen LogP contribution in [0.25, 0.3) is 0 Å². The molecule has 1 N–H and O–H groups in total. The Morgan fingerprint density at radius 2 is 1.87 bits per heavy atom. The fraction of sp³-hybridized carbons (Fsp3) is 0.222. The quantitative estimate of drug-likeness (QED) is 0.729. The number of para-hydroxylation sites is 1. The van der Waals surface area contributed by atoms with Gasteiger partial charge in [-0.25, -0.2) is 4.98 Å². The summed E-state index contributed by atoms with van der Waals surface area (Å²) in [6, 6.07) is 18.6. The number of hydrogen-bond acceptors (Lipinski definition) is 4. The van der Waals surface area contributed by atoms with Gasteiger partial charge in [0.25, 0.3) is 0 Å². The summed E-state index contributed by atoms with van der Waals surface area (Å²) in [7, 11) is 1.70. The molecule has 0 aliphatic rings. The predicted molar refractivity (Wildman–Crippen MR) is 89.0 cm³/mol. The van der Waals surface area contributed by atoms with E-state index in [2.05, 4.69) is 45.7 Å². The first-order valence-corrected chi connectivity index (χ1v) is 7.59. The van der Waals surface area contributed by atoms with Crippen molar-refractivity contribution in [2.24, 2.45) is 0 Å². The molecule has 2 aromatic carbocycles. The standard InChI is InChI=1S/C18H20N4O/c1-23-18-10-6-5-9-16(18)11-20-17(12-22-14-19-13-21-22)15-7-3-2-4-8-15/h2-10,13-14,17,20H,11-12H2,1H3. The third-order valence-electron chi connectivity index (χ3n) is 3.77. The van der Waals surface area contributed by atoms with Crippen LogP contribution in [0.15, 0.2) is 67.3 Å². The van der Waals surface area contributed by atoms with E-state index in [1.54, 1.807) is 19.8 Å². The number of nitrogens with zero attached hydrogens (tertiary/aromatic N) is 3. The highest BCUT2D eigenvalue weighted by molar-refractivity contribution is 5.33. The van der Waals surface area contributed by atoms with E-state index in [4.69, 9.17) is 4.74 Å². The molecular formula is C18H20N4O. The van der Waals surface area contributed by atoms with Gasteiger partial charge >= 0.3 is 0 Å². The van der Waals surface area contributed by atoms with Gasteiger partial charge in [0.15, 0.2) is 0 Å². The zero-order valence-corrected chi connectivity index (χ0v) is 13.1. The van der Waals surface area contributed by atoms with E-state index in [1.165, 1.54) is 5.56 Å². The molecule has 118 valence electrons. The number of hydrogen-bond donors (Lipinski definition) is 1. The van der Waals surface area contributed by atoms with Gasteiger partial charge in [0.05, 0.1) is 19.7 Å². The van der Waals surface area contributed by atoms with E-state index in [1.807, 2.05) is 28.9 Å². The molecule has 0 spiro atoms. The average molecular weight is 308 g/mol. The van der Waals surface area contributed by atoms with Crippen LogP contribution in [0.3, 0.4) is 0 Å². The predicted octanol–water partition coefficient (Wildman–Crippen LogP) is 2.82. The van der Waals surface area contributed by atoms with Crippen LogP contribution in [0, 0.1) is 0 Å². The number of aromatic nitrogens is 3. The largest absolute Gasteiger partial charge is 0.496 e. The van der Waals surface area contributed by atoms with Gasteiger partial charge < -0.3 is 10.1 Å². The summed E-state index contributed by atoms with van der Waals surface area (Å²) in [4.78, 5) is 4.02. The first-order chi connectivity index (χ1) is 11.4. The highest BCUT2D eigenvalue weighted by Crippen LogP contribution is 2.20. The molecule has 0 fully saturated rings. The van der Waals surface area contributed by atoms with E-state index in [0.29, 0.717) is 0 Å². The fourth-order valence-corrected chi connectivity index (χ4v) is 2.57. The summed E-state index contributed by atoms with van der Waals surface area (Å²) in [5, 5.41) is 7.81. The van der Waals surface area contributed by atoms with Gasteiger partial charge in [-0.05, 0) is 11.6 Å². The smallest absolute Gasteiger partial charge is 0.137 e. The molecule has 0 amide bonds. The van der Waals surface area contributed by atoms with E-state index >= 15 is 0 Å². The van der Waals surface area contributed by atoms with Crippen molar-refractivity contribution in [1.29, 1.82) is 0 Å². The summed E-state index contributed by atoms with van der Waals surface area (Å²) < 4.78 is 7.26. The van der Waals surface area contributed by atoms with Crippen molar-refractivity contribution in [3.8, 4) is 5.75 Å². The van der Waals surface area contributed by atoms with Crippen molar-refractivity contribution >= 4 is 0 Å².